The third kappa shape index (κ3) is 34.2. The second kappa shape index (κ2) is 54.9. The Morgan fingerprint density at radius 1 is 0.641 bits per heavy atom. The van der Waals surface area contributed by atoms with E-state index in [-0.39, 0.29) is 82.9 Å². The zero-order valence-corrected chi connectivity index (χ0v) is 22.7. The van der Waals surface area contributed by atoms with Crippen LogP contribution in [0.1, 0.15) is 85.1 Å². The Morgan fingerprint density at radius 2 is 1.08 bits per heavy atom. The molecule has 0 aromatic carbocycles. The van der Waals surface area contributed by atoms with Crippen molar-refractivity contribution in [2.45, 2.75) is 85.1 Å². The summed E-state index contributed by atoms with van der Waals surface area (Å²) in [5.41, 5.74) is 0.222. The van der Waals surface area contributed by atoms with E-state index in [4.69, 9.17) is 0 Å². The average molecular weight is 620 g/mol. The fourth-order valence-electron chi connectivity index (χ4n) is 1.01. The number of rotatable bonds is 3. The van der Waals surface area contributed by atoms with Crippen LogP contribution >= 0.6 is 0 Å². The molecule has 0 aliphatic rings. The molecule has 0 saturated carbocycles. The second-order valence-corrected chi connectivity index (χ2v) is 3.11. The Labute approximate surface area is 243 Å². The van der Waals surface area contributed by atoms with Crippen molar-refractivity contribution in [1.29, 1.82) is 0 Å². The Bertz CT molecular complexity index is 777. The van der Waals surface area contributed by atoms with Gasteiger partial charge in [-0.25, -0.2) is 15.4 Å². The molecule has 0 fully saturated rings. The molecule has 4 aromatic rings. The molecule has 23 heteroatoms. The molecule has 39 heavy (non-hydrogen) atoms. The molecule has 0 saturated heterocycles. The molecule has 0 unspecified atom stereocenters. The van der Waals surface area contributed by atoms with E-state index in [1.165, 1.54) is 0 Å². The number of quaternary nitrogens is 2. The first-order valence-corrected chi connectivity index (χ1v) is 9.28. The van der Waals surface area contributed by atoms with E-state index in [0.717, 1.165) is 0 Å². The molecule has 0 aliphatic heterocycles. The molecule has 16 N–H and O–H groups in total. The first-order valence-electron chi connectivity index (χ1n) is 9.28. The summed E-state index contributed by atoms with van der Waals surface area (Å²) in [6.07, 6.45) is 0. The Kier molecular flexibility index (Phi) is 99.1. The molecular formula is C16H56CuN22-2. The van der Waals surface area contributed by atoms with Crippen molar-refractivity contribution >= 4 is 17.8 Å². The van der Waals surface area contributed by atoms with E-state index in [1.807, 2.05) is 55.4 Å². The van der Waals surface area contributed by atoms with Gasteiger partial charge in [0.05, 0.1) is 5.62 Å². The number of H-pyrrole nitrogens is 3. The molecule has 1 radical (unpaired) electrons. The maximum atomic E-state index is 3.72. The van der Waals surface area contributed by atoms with Crippen LogP contribution in [0.15, 0.2) is 4.99 Å². The first kappa shape index (κ1) is 70.3. The van der Waals surface area contributed by atoms with Crippen molar-refractivity contribution in [3.05, 3.63) is 17.9 Å². The number of hydrogen-bond donors (Lipinski definition) is 6. The number of nitrogens with zero attached hydrogens (tertiary/aromatic N) is 14. The van der Waals surface area contributed by atoms with Crippen molar-refractivity contribution in [2.75, 3.05) is 5.32 Å². The maximum absolute atomic E-state index is 3.72. The van der Waals surface area contributed by atoms with Gasteiger partial charge in [-0.3, -0.25) is 10.4 Å². The molecule has 22 nitrogen and oxygen atoms in total. The third-order valence-corrected chi connectivity index (χ3v) is 1.76. The fourth-order valence-corrected chi connectivity index (χ4v) is 1.01. The summed E-state index contributed by atoms with van der Waals surface area (Å²) in [4.78, 5) is 3.72. The predicted octanol–water partition coefficient (Wildman–Crippen LogP) is 4.43. The largest absolute Gasteiger partial charge is 0.693 e. The molecular weight excluding hydrogens is 564 g/mol. The number of nitrogens with one attached hydrogen (secondary N) is 4. The van der Waals surface area contributed by atoms with Gasteiger partial charge in [0.1, 0.15) is 5.95 Å². The van der Waals surface area contributed by atoms with Crippen LogP contribution in [0.2, 0.25) is 0 Å². The summed E-state index contributed by atoms with van der Waals surface area (Å²) in [6.45, 7) is 16.0. The molecule has 4 aromatic heterocycles. The van der Waals surface area contributed by atoms with E-state index >= 15 is 0 Å². The van der Waals surface area contributed by atoms with Gasteiger partial charge in [-0.2, -0.15) is 15.6 Å². The van der Waals surface area contributed by atoms with Crippen molar-refractivity contribution in [2.24, 2.45) is 4.99 Å². The average Bonchev–Trinajstić information content (AvgIpc) is 3.64. The van der Waals surface area contributed by atoms with Crippen LogP contribution < -0.4 is 33.4 Å². The van der Waals surface area contributed by atoms with Gasteiger partial charge >= 0.3 is 0 Å². The molecule has 4 heterocycles. The smallest absolute Gasteiger partial charge is 0.270 e. The van der Waals surface area contributed by atoms with Gasteiger partial charge in [0, 0.05) is 17.1 Å². The Balaban J connectivity index is -0.0000000300. The molecule has 0 amide bonds. The number of nitrogens with two attached hydrogens (primary N) is 2. The van der Waals surface area contributed by atoms with Crippen molar-refractivity contribution in [3.8, 4) is 0 Å². The van der Waals surface area contributed by atoms with Gasteiger partial charge in [-0.1, -0.05) is 95.3 Å². The van der Waals surface area contributed by atoms with E-state index in [1.54, 1.807) is 0 Å². The van der Waals surface area contributed by atoms with Crippen LogP contribution in [0.25, 0.3) is 12.3 Å². The van der Waals surface area contributed by atoms with Crippen molar-refractivity contribution in [3.63, 3.8) is 0 Å². The number of anilines is 2. The van der Waals surface area contributed by atoms with Crippen molar-refractivity contribution in [1.82, 2.24) is 94.8 Å². The van der Waals surface area contributed by atoms with Crippen molar-refractivity contribution < 1.29 is 17.1 Å². The standard InChI is InChI=1S/C2H3N9.C2HN9.4C2H6.4CH4.Cu.2H3N.2H2N/c2*3(1-4-8-9-5-1)2-6-10-11-7-2;4*1-2;;;;;;;;;/h(H3,3,4,5,6,7,8,9,10,11);(H-2,3,4,5,6,7,8,9,10,11);4*1-2H3;4*1H4;;2*1H3;2*1H2/q;-2;;;;;;;;;;;;2*-1/p+2. The van der Waals surface area contributed by atoms with E-state index in [0.29, 0.717) is 11.9 Å². The van der Waals surface area contributed by atoms with Gasteiger partial charge in [0.15, 0.2) is 0 Å². The number of aromatic amines is 3. The van der Waals surface area contributed by atoms with Crippen LogP contribution in [0.5, 0.6) is 0 Å². The summed E-state index contributed by atoms with van der Waals surface area (Å²) >= 11 is 0. The van der Waals surface area contributed by atoms with Crippen LogP contribution in [-0.4, -0.2) is 72.3 Å². The molecule has 0 aliphatic carbocycles. The zero-order chi connectivity index (χ0) is 23.0. The predicted molar refractivity (Wildman–Crippen MR) is 155 cm³/mol. The third-order valence-electron chi connectivity index (χ3n) is 1.76. The van der Waals surface area contributed by atoms with Crippen LogP contribution in [0.3, 0.4) is 0 Å². The summed E-state index contributed by atoms with van der Waals surface area (Å²) in [7, 11) is 0. The minimum Gasteiger partial charge on any atom is -0.693 e. The molecule has 4 rings (SSSR count). The quantitative estimate of drug-likeness (QED) is 0.173. The molecule has 0 bridgehead atoms. The maximum Gasteiger partial charge on any atom is 0.270 e. The van der Waals surface area contributed by atoms with Crippen LogP contribution in [-0.2, 0) is 17.1 Å². The topological polar surface area (TPSA) is 382 Å². The van der Waals surface area contributed by atoms with E-state index < -0.39 is 0 Å². The van der Waals surface area contributed by atoms with E-state index in [2.05, 4.69) is 92.8 Å². The summed E-state index contributed by atoms with van der Waals surface area (Å²) < 4.78 is 0. The summed E-state index contributed by atoms with van der Waals surface area (Å²) in [6, 6.07) is 0. The molecule has 0 atom stereocenters. The van der Waals surface area contributed by atoms with Crippen LogP contribution in [0, 0.1) is 0 Å². The van der Waals surface area contributed by atoms with Gasteiger partial charge < -0.3 is 34.7 Å². The van der Waals surface area contributed by atoms with Crippen LogP contribution in [0.4, 0.5) is 17.8 Å². The van der Waals surface area contributed by atoms with Gasteiger partial charge in [0.25, 0.3) is 11.9 Å². The summed E-state index contributed by atoms with van der Waals surface area (Å²) in [5.74, 6) is 0.723. The number of tetrazole rings is 4. The minimum atomic E-state index is 0. The molecule has 243 valence electrons. The molecule has 0 spiro atoms. The monoisotopic (exact) mass is 619 g/mol. The van der Waals surface area contributed by atoms with Gasteiger partial charge in [-0.05, 0) is 10.4 Å². The Morgan fingerprint density at radius 3 is 1.36 bits per heavy atom. The second-order valence-electron chi connectivity index (χ2n) is 3.11. The minimum absolute atomic E-state index is 0. The van der Waals surface area contributed by atoms with Gasteiger partial charge in [0.2, 0.25) is 0 Å². The summed E-state index contributed by atoms with van der Waals surface area (Å²) in [5, 5.41) is 54.0. The SMILES string of the molecule is C.C.C.C.CC.CC.CC.CC.N(c1nnn[n-]1)=c1[n-]nn[nH]1.[Cu].[NH2-].[NH2-].[NH4+].[NH4+].n1nc(Nc2nn[nH]n2)n[nH]1. The number of hydrogen-bond acceptors (Lipinski definition) is 13. The van der Waals surface area contributed by atoms with E-state index in [9.17, 15) is 0 Å². The number of aromatic nitrogens is 16. The normalized spacial score (nSPS) is 6.82. The van der Waals surface area contributed by atoms with Gasteiger partial charge in [-0.15, -0.1) is 20.6 Å². The first-order chi connectivity index (χ1) is 14.9. The fraction of sp³-hybridized carbons (Fsp3) is 0.750. The zero-order valence-electron chi connectivity index (χ0n) is 21.7. The Hall–Kier alpha value is -3.76.